The zero-order valence-corrected chi connectivity index (χ0v) is 11.9. The minimum Gasteiger partial charge on any atom is -0.489 e. The lowest BCUT2D eigenvalue weighted by molar-refractivity contribution is 0.304. The third-order valence-corrected chi connectivity index (χ3v) is 3.22. The van der Waals surface area contributed by atoms with Gasteiger partial charge in [0, 0.05) is 6.07 Å². The van der Waals surface area contributed by atoms with Crippen LogP contribution in [0, 0.1) is 19.7 Å². The van der Waals surface area contributed by atoms with E-state index in [-0.39, 0.29) is 5.82 Å². The lowest BCUT2D eigenvalue weighted by Crippen LogP contribution is -1.97. The number of halogens is 2. The summed E-state index contributed by atoms with van der Waals surface area (Å²) in [6, 6.07) is 11.0. The second kappa shape index (κ2) is 5.53. The molecule has 3 heteroatoms. The number of rotatable bonds is 3. The van der Waals surface area contributed by atoms with Crippen molar-refractivity contribution in [2.24, 2.45) is 0 Å². The fourth-order valence-corrected chi connectivity index (χ4v) is 2.13. The fourth-order valence-electron chi connectivity index (χ4n) is 1.89. The highest BCUT2D eigenvalue weighted by Gasteiger charge is 2.02. The number of benzene rings is 2. The molecule has 2 rings (SSSR count). The molecule has 0 atom stereocenters. The van der Waals surface area contributed by atoms with Gasteiger partial charge >= 0.3 is 0 Å². The second-order valence-corrected chi connectivity index (χ2v) is 5.21. The van der Waals surface area contributed by atoms with Crippen LogP contribution in [0.3, 0.4) is 0 Å². The van der Waals surface area contributed by atoms with Crippen LogP contribution < -0.4 is 4.74 Å². The van der Waals surface area contributed by atoms with Crippen LogP contribution in [-0.2, 0) is 6.61 Å². The Morgan fingerprint density at radius 1 is 1.06 bits per heavy atom. The van der Waals surface area contributed by atoms with E-state index in [2.05, 4.69) is 48.0 Å². The molecule has 0 aliphatic carbocycles. The molecular weight excluding hydrogens is 295 g/mol. The maximum Gasteiger partial charge on any atom is 0.141 e. The Kier molecular flexibility index (Phi) is 4.02. The van der Waals surface area contributed by atoms with Gasteiger partial charge in [0.2, 0.25) is 0 Å². The Morgan fingerprint density at radius 2 is 1.72 bits per heavy atom. The molecular formula is C15H14BrFO. The highest BCUT2D eigenvalue weighted by atomic mass is 79.9. The van der Waals surface area contributed by atoms with E-state index in [4.69, 9.17) is 4.74 Å². The minimum absolute atomic E-state index is 0.312. The van der Waals surface area contributed by atoms with E-state index in [1.807, 2.05) is 0 Å². The number of ether oxygens (including phenoxy) is 1. The number of hydrogen-bond acceptors (Lipinski definition) is 1. The van der Waals surface area contributed by atoms with E-state index in [0.29, 0.717) is 16.8 Å². The normalized spacial score (nSPS) is 10.4. The zero-order chi connectivity index (χ0) is 13.1. The van der Waals surface area contributed by atoms with Gasteiger partial charge < -0.3 is 4.74 Å². The van der Waals surface area contributed by atoms with Gasteiger partial charge in [0.05, 0.1) is 4.47 Å². The molecule has 0 N–H and O–H groups in total. The molecule has 0 saturated heterocycles. The predicted octanol–water partition coefficient (Wildman–Crippen LogP) is 4.78. The third kappa shape index (κ3) is 3.33. The summed E-state index contributed by atoms with van der Waals surface area (Å²) in [4.78, 5) is 0. The summed E-state index contributed by atoms with van der Waals surface area (Å²) >= 11 is 3.11. The Bertz CT molecular complexity index is 546. The van der Waals surface area contributed by atoms with Crippen LogP contribution >= 0.6 is 15.9 Å². The molecule has 0 aromatic heterocycles. The monoisotopic (exact) mass is 308 g/mol. The molecule has 0 amide bonds. The molecule has 0 aliphatic rings. The first kappa shape index (κ1) is 13.1. The molecule has 0 radical (unpaired) electrons. The molecule has 0 bridgehead atoms. The Morgan fingerprint density at radius 3 is 2.33 bits per heavy atom. The van der Waals surface area contributed by atoms with Crippen LogP contribution in [0.4, 0.5) is 4.39 Å². The summed E-state index contributed by atoms with van der Waals surface area (Å²) in [5, 5.41) is 0. The highest BCUT2D eigenvalue weighted by Crippen LogP contribution is 2.22. The number of aryl methyl sites for hydroxylation is 2. The van der Waals surface area contributed by atoms with Crippen LogP contribution in [0.5, 0.6) is 5.75 Å². The van der Waals surface area contributed by atoms with E-state index >= 15 is 0 Å². The molecule has 2 aromatic rings. The van der Waals surface area contributed by atoms with E-state index in [1.165, 1.54) is 17.2 Å². The van der Waals surface area contributed by atoms with Crippen LogP contribution in [0.25, 0.3) is 0 Å². The van der Waals surface area contributed by atoms with Crippen molar-refractivity contribution in [1.29, 1.82) is 0 Å². The molecule has 0 saturated carbocycles. The average molecular weight is 309 g/mol. The largest absolute Gasteiger partial charge is 0.489 e. The van der Waals surface area contributed by atoms with Gasteiger partial charge in [0.15, 0.2) is 0 Å². The maximum absolute atomic E-state index is 13.3. The van der Waals surface area contributed by atoms with Crippen molar-refractivity contribution in [3.05, 3.63) is 63.4 Å². The van der Waals surface area contributed by atoms with Crippen molar-refractivity contribution >= 4 is 15.9 Å². The average Bonchev–Trinajstić information content (AvgIpc) is 2.29. The van der Waals surface area contributed by atoms with Gasteiger partial charge in [-0.25, -0.2) is 4.39 Å². The molecule has 0 fully saturated rings. The summed E-state index contributed by atoms with van der Waals surface area (Å²) in [5.74, 6) is 0.225. The summed E-state index contributed by atoms with van der Waals surface area (Å²) in [6.07, 6.45) is 0. The lowest BCUT2D eigenvalue weighted by atomic mass is 10.1. The van der Waals surface area contributed by atoms with Crippen molar-refractivity contribution in [3.63, 3.8) is 0 Å². The van der Waals surface area contributed by atoms with Crippen molar-refractivity contribution in [3.8, 4) is 5.75 Å². The van der Waals surface area contributed by atoms with E-state index in [9.17, 15) is 4.39 Å². The van der Waals surface area contributed by atoms with Gasteiger partial charge in [-0.3, -0.25) is 0 Å². The standard InChI is InChI=1S/C15H14BrFO/c1-10-5-11(2)7-12(6-10)9-18-13-3-4-14(16)15(17)8-13/h3-8H,9H2,1-2H3. The zero-order valence-electron chi connectivity index (χ0n) is 10.3. The molecule has 0 heterocycles. The summed E-state index contributed by atoms with van der Waals surface area (Å²) in [7, 11) is 0. The van der Waals surface area contributed by atoms with E-state index in [1.54, 1.807) is 12.1 Å². The Hall–Kier alpha value is -1.35. The van der Waals surface area contributed by atoms with Gasteiger partial charge in [0.25, 0.3) is 0 Å². The third-order valence-electron chi connectivity index (χ3n) is 2.58. The quantitative estimate of drug-likeness (QED) is 0.792. The molecule has 2 aromatic carbocycles. The first-order valence-electron chi connectivity index (χ1n) is 5.69. The maximum atomic E-state index is 13.3. The highest BCUT2D eigenvalue weighted by molar-refractivity contribution is 9.10. The molecule has 1 nitrogen and oxygen atoms in total. The van der Waals surface area contributed by atoms with Gasteiger partial charge in [-0.2, -0.15) is 0 Å². The predicted molar refractivity (Wildman–Crippen MR) is 74.3 cm³/mol. The van der Waals surface area contributed by atoms with Crippen molar-refractivity contribution < 1.29 is 9.13 Å². The summed E-state index contributed by atoms with van der Waals surface area (Å²) in [5.41, 5.74) is 3.50. The topological polar surface area (TPSA) is 9.23 Å². The summed E-state index contributed by atoms with van der Waals surface area (Å²) in [6.45, 7) is 4.55. The molecule has 94 valence electrons. The molecule has 18 heavy (non-hydrogen) atoms. The van der Waals surface area contributed by atoms with E-state index < -0.39 is 0 Å². The van der Waals surface area contributed by atoms with Gasteiger partial charge in [-0.05, 0) is 47.5 Å². The van der Waals surface area contributed by atoms with Crippen LogP contribution in [0.1, 0.15) is 16.7 Å². The summed E-state index contributed by atoms with van der Waals surface area (Å²) < 4.78 is 19.3. The molecule has 0 unspecified atom stereocenters. The van der Waals surface area contributed by atoms with E-state index in [0.717, 1.165) is 5.56 Å². The van der Waals surface area contributed by atoms with Gasteiger partial charge in [-0.15, -0.1) is 0 Å². The lowest BCUT2D eigenvalue weighted by Gasteiger charge is -2.08. The van der Waals surface area contributed by atoms with Crippen molar-refractivity contribution in [1.82, 2.24) is 0 Å². The first-order chi connectivity index (χ1) is 8.54. The van der Waals surface area contributed by atoms with Crippen molar-refractivity contribution in [2.45, 2.75) is 20.5 Å². The second-order valence-electron chi connectivity index (χ2n) is 4.36. The Balaban J connectivity index is 2.08. The van der Waals surface area contributed by atoms with Gasteiger partial charge in [0.1, 0.15) is 18.2 Å². The smallest absolute Gasteiger partial charge is 0.141 e. The number of hydrogen-bond donors (Lipinski definition) is 0. The molecule has 0 aliphatic heterocycles. The molecule has 0 spiro atoms. The SMILES string of the molecule is Cc1cc(C)cc(COc2ccc(Br)c(F)c2)c1. The van der Waals surface area contributed by atoms with Crippen LogP contribution in [-0.4, -0.2) is 0 Å². The fraction of sp³-hybridized carbons (Fsp3) is 0.200. The Labute approximate surface area is 115 Å². The van der Waals surface area contributed by atoms with Gasteiger partial charge in [-0.1, -0.05) is 29.3 Å². The van der Waals surface area contributed by atoms with Crippen LogP contribution in [0.2, 0.25) is 0 Å². The van der Waals surface area contributed by atoms with Crippen LogP contribution in [0.15, 0.2) is 40.9 Å². The van der Waals surface area contributed by atoms with Crippen molar-refractivity contribution in [2.75, 3.05) is 0 Å². The first-order valence-corrected chi connectivity index (χ1v) is 6.49. The minimum atomic E-state index is -0.312.